The molecule has 3 aromatic carbocycles. The lowest BCUT2D eigenvalue weighted by atomic mass is 9.98. The summed E-state index contributed by atoms with van der Waals surface area (Å²) < 4.78 is 35.2. The second-order valence-electron chi connectivity index (χ2n) is 10.8. The molecule has 7 rings (SSSR count). The van der Waals surface area contributed by atoms with E-state index in [0.717, 1.165) is 0 Å². The number of pyridine rings is 1. The average Bonchev–Trinajstić information content (AvgIpc) is 3.55. The average molecular weight is 632 g/mol. The number of hydrogen-bond donors (Lipinski definition) is 5. The van der Waals surface area contributed by atoms with Gasteiger partial charge in [-0.05, 0) is 47.3 Å². The molecular weight excluding hydrogens is 602 g/mol. The van der Waals surface area contributed by atoms with E-state index >= 15 is 0 Å². The molecule has 6 aromatic rings. The molecule has 4 atom stereocenters. The number of fused-ring (bicyclic) bond motifs is 7. The van der Waals surface area contributed by atoms with Crippen LogP contribution in [0.5, 0.6) is 34.5 Å². The summed E-state index contributed by atoms with van der Waals surface area (Å²) in [5.74, 6) is 0.541. The summed E-state index contributed by atoms with van der Waals surface area (Å²) >= 11 is 0. The summed E-state index contributed by atoms with van der Waals surface area (Å²) in [6.45, 7) is -0.510. The fourth-order valence-electron chi connectivity index (χ4n) is 6.14. The van der Waals surface area contributed by atoms with E-state index in [1.165, 1.54) is 27.4 Å². The van der Waals surface area contributed by atoms with Crippen LogP contribution in [0.2, 0.25) is 0 Å². The van der Waals surface area contributed by atoms with Crippen molar-refractivity contribution in [1.82, 2.24) is 4.40 Å². The van der Waals surface area contributed by atoms with Crippen molar-refractivity contribution in [3.05, 3.63) is 65.1 Å². The standard InChI is InChI=1S/C33H29NO12/c1-41-22-10-16-14(8-18(22)36)6-7-34-28(16)26(27-17-11-23(42-2)19(37)12-21(17)44-32(40)29(27)34)15-4-5-20(24(9-15)43-3)45-33-31(39)30(38)25(13-35)46-33/h4-12,25,30-31,33,35-39H,13H2,1-3H3/t25-,30-,31-,33-/m1/s1. The summed E-state index contributed by atoms with van der Waals surface area (Å²) in [7, 11) is 4.28. The van der Waals surface area contributed by atoms with E-state index in [1.807, 2.05) is 0 Å². The second kappa shape index (κ2) is 11.0. The first-order chi connectivity index (χ1) is 22.2. The molecule has 0 bridgehead atoms. The molecule has 1 saturated heterocycles. The van der Waals surface area contributed by atoms with Crippen molar-refractivity contribution in [2.24, 2.45) is 0 Å². The Morgan fingerprint density at radius 1 is 0.804 bits per heavy atom. The summed E-state index contributed by atoms with van der Waals surface area (Å²) in [4.78, 5) is 13.6. The van der Waals surface area contributed by atoms with Gasteiger partial charge in [-0.25, -0.2) is 4.79 Å². The lowest BCUT2D eigenvalue weighted by Crippen LogP contribution is -2.35. The highest BCUT2D eigenvalue weighted by molar-refractivity contribution is 6.22. The fourth-order valence-corrected chi connectivity index (χ4v) is 6.14. The van der Waals surface area contributed by atoms with Crippen LogP contribution in [-0.2, 0) is 4.74 Å². The highest BCUT2D eigenvalue weighted by atomic mass is 16.7. The number of aromatic nitrogens is 1. The summed E-state index contributed by atoms with van der Waals surface area (Å²) in [5.41, 5.74) is 1.42. The van der Waals surface area contributed by atoms with Crippen LogP contribution in [0.25, 0.3) is 49.3 Å². The van der Waals surface area contributed by atoms with Crippen LogP contribution in [0.1, 0.15) is 0 Å². The Kier molecular flexibility index (Phi) is 7.05. The monoisotopic (exact) mass is 631 g/mol. The van der Waals surface area contributed by atoms with E-state index in [1.54, 1.807) is 53.1 Å². The minimum atomic E-state index is -1.42. The van der Waals surface area contributed by atoms with Crippen molar-refractivity contribution < 1.29 is 53.6 Å². The zero-order chi connectivity index (χ0) is 32.4. The Hall–Kier alpha value is -5.21. The Morgan fingerprint density at radius 2 is 1.50 bits per heavy atom. The molecule has 13 heteroatoms. The number of phenols is 2. The minimum Gasteiger partial charge on any atom is -0.504 e. The van der Waals surface area contributed by atoms with Crippen molar-refractivity contribution >= 4 is 38.2 Å². The molecule has 1 aliphatic rings. The van der Waals surface area contributed by atoms with Crippen LogP contribution in [0.4, 0.5) is 0 Å². The van der Waals surface area contributed by atoms with Crippen LogP contribution in [0, 0.1) is 0 Å². The van der Waals surface area contributed by atoms with E-state index in [2.05, 4.69) is 0 Å². The maximum Gasteiger partial charge on any atom is 0.361 e. The van der Waals surface area contributed by atoms with Crippen molar-refractivity contribution in [2.45, 2.75) is 24.6 Å². The maximum absolute atomic E-state index is 13.6. The van der Waals surface area contributed by atoms with E-state index in [4.69, 9.17) is 28.1 Å². The topological polar surface area (TPSA) is 182 Å². The number of aliphatic hydroxyl groups is 3. The molecule has 0 unspecified atom stereocenters. The zero-order valence-corrected chi connectivity index (χ0v) is 24.8. The van der Waals surface area contributed by atoms with Gasteiger partial charge in [0.2, 0.25) is 6.29 Å². The van der Waals surface area contributed by atoms with Gasteiger partial charge in [-0.1, -0.05) is 6.07 Å². The first kappa shape index (κ1) is 29.5. The van der Waals surface area contributed by atoms with Gasteiger partial charge in [0.1, 0.15) is 29.4 Å². The third-order valence-electron chi connectivity index (χ3n) is 8.36. The number of benzene rings is 3. The van der Waals surface area contributed by atoms with Crippen molar-refractivity contribution in [2.75, 3.05) is 27.9 Å². The zero-order valence-electron chi connectivity index (χ0n) is 24.8. The third kappa shape index (κ3) is 4.35. The molecule has 0 radical (unpaired) electrons. The lowest BCUT2D eigenvalue weighted by molar-refractivity contribution is -0.117. The molecule has 0 aliphatic carbocycles. The molecule has 1 fully saturated rings. The van der Waals surface area contributed by atoms with Crippen LogP contribution < -0.4 is 24.6 Å². The lowest BCUT2D eigenvalue weighted by Gasteiger charge is -2.19. The minimum absolute atomic E-state index is 0.0600. The maximum atomic E-state index is 13.6. The smallest absolute Gasteiger partial charge is 0.361 e. The Balaban J connectivity index is 1.55. The molecule has 13 nitrogen and oxygen atoms in total. The molecule has 0 saturated carbocycles. The van der Waals surface area contributed by atoms with Gasteiger partial charge in [-0.2, -0.15) is 0 Å². The number of nitrogens with zero attached hydrogens (tertiary/aromatic N) is 1. The Morgan fingerprint density at radius 3 is 2.17 bits per heavy atom. The molecule has 4 heterocycles. The third-order valence-corrected chi connectivity index (χ3v) is 8.36. The number of rotatable bonds is 7. The highest BCUT2D eigenvalue weighted by Crippen LogP contribution is 2.46. The van der Waals surface area contributed by atoms with Gasteiger partial charge in [-0.15, -0.1) is 0 Å². The van der Waals surface area contributed by atoms with E-state index in [0.29, 0.717) is 38.2 Å². The Labute approximate surface area is 259 Å². The SMILES string of the molecule is COc1cc2c(cc1O)oc(=O)c1c2c(-c2ccc(O[C@@H]3O[C@H](CO)[C@@H](O)[C@H]3O)c(OC)c2)c2c3cc(OC)c(O)cc3ccn21. The van der Waals surface area contributed by atoms with Gasteiger partial charge < -0.3 is 58.0 Å². The van der Waals surface area contributed by atoms with Gasteiger partial charge in [0, 0.05) is 34.0 Å². The second-order valence-corrected chi connectivity index (χ2v) is 10.8. The predicted molar refractivity (Wildman–Crippen MR) is 165 cm³/mol. The van der Waals surface area contributed by atoms with Gasteiger partial charge >= 0.3 is 5.63 Å². The number of aromatic hydroxyl groups is 2. The molecule has 46 heavy (non-hydrogen) atoms. The molecule has 1 aliphatic heterocycles. The van der Waals surface area contributed by atoms with Crippen molar-refractivity contribution in [3.8, 4) is 45.6 Å². The van der Waals surface area contributed by atoms with E-state index < -0.39 is 36.8 Å². The van der Waals surface area contributed by atoms with E-state index in [-0.39, 0.29) is 45.6 Å². The van der Waals surface area contributed by atoms with Crippen LogP contribution >= 0.6 is 0 Å². The first-order valence-corrected chi connectivity index (χ1v) is 14.2. The van der Waals surface area contributed by atoms with Crippen LogP contribution in [0.3, 0.4) is 0 Å². The molecule has 0 amide bonds. The van der Waals surface area contributed by atoms with Gasteiger partial charge in [-0.3, -0.25) is 0 Å². The number of hydrogen-bond acceptors (Lipinski definition) is 12. The Bertz CT molecular complexity index is 2220. The number of ether oxygens (including phenoxy) is 5. The van der Waals surface area contributed by atoms with Crippen LogP contribution in [-0.4, -0.2) is 82.5 Å². The highest BCUT2D eigenvalue weighted by Gasteiger charge is 2.44. The molecule has 5 N–H and O–H groups in total. The number of aliphatic hydroxyl groups excluding tert-OH is 3. The molecule has 0 spiro atoms. The number of phenolic OH excluding ortho intramolecular Hbond substituents is 2. The predicted octanol–water partition coefficient (Wildman–Crippen LogP) is 3.27. The van der Waals surface area contributed by atoms with E-state index in [9.17, 15) is 30.3 Å². The summed E-state index contributed by atoms with van der Waals surface area (Å²) in [5, 5.41) is 53.4. The molecule has 3 aromatic heterocycles. The van der Waals surface area contributed by atoms with Gasteiger partial charge in [0.05, 0.1) is 33.5 Å². The molecular formula is C33H29NO12. The largest absolute Gasteiger partial charge is 0.504 e. The van der Waals surface area contributed by atoms with Crippen molar-refractivity contribution in [1.29, 1.82) is 0 Å². The fraction of sp³-hybridized carbons (Fsp3) is 0.242. The van der Waals surface area contributed by atoms with Gasteiger partial charge in [0.15, 0.2) is 34.5 Å². The normalized spacial score (nSPS) is 19.8. The summed E-state index contributed by atoms with van der Waals surface area (Å²) in [6, 6.07) is 12.9. The molecule has 238 valence electrons. The number of methoxy groups -OCH3 is 3. The van der Waals surface area contributed by atoms with Crippen molar-refractivity contribution in [3.63, 3.8) is 0 Å². The van der Waals surface area contributed by atoms with Gasteiger partial charge in [0.25, 0.3) is 0 Å². The summed E-state index contributed by atoms with van der Waals surface area (Å²) in [6.07, 6.45) is -3.37. The van der Waals surface area contributed by atoms with Crippen LogP contribution in [0.15, 0.2) is 63.9 Å². The first-order valence-electron chi connectivity index (χ1n) is 14.2. The quantitative estimate of drug-likeness (QED) is 0.163.